The van der Waals surface area contributed by atoms with Crippen LogP contribution in [0.15, 0.2) is 0 Å². The van der Waals surface area contributed by atoms with Crippen LogP contribution in [0, 0.1) is 23.2 Å². The summed E-state index contributed by atoms with van der Waals surface area (Å²) in [4.78, 5) is 2.25. The Hall–Kier alpha value is -0.630. The van der Waals surface area contributed by atoms with Crippen LogP contribution in [0.5, 0.6) is 0 Å². The Morgan fingerprint density at radius 3 is 2.75 bits per heavy atom. The zero-order valence-corrected chi connectivity index (χ0v) is 12.7. The molecule has 0 amide bonds. The molecule has 1 saturated heterocycles. The molecule has 3 atom stereocenters. The summed E-state index contributed by atoms with van der Waals surface area (Å²) in [6.45, 7) is 5.63. The molecular weight excluding hydrogens is 250 g/mol. The lowest BCUT2D eigenvalue weighted by Crippen LogP contribution is -2.51. The third-order valence-electron chi connectivity index (χ3n) is 4.90. The van der Waals surface area contributed by atoms with Gasteiger partial charge in [-0.15, -0.1) is 0 Å². The van der Waals surface area contributed by atoms with Crippen molar-refractivity contribution in [3.63, 3.8) is 0 Å². The number of hydrogen-bond donors (Lipinski definition) is 2. The van der Waals surface area contributed by atoms with E-state index in [4.69, 9.17) is 5.26 Å². The van der Waals surface area contributed by atoms with Crippen LogP contribution in [0.3, 0.4) is 0 Å². The molecule has 0 aromatic heterocycles. The number of piperidine rings is 1. The number of aliphatic hydroxyl groups excluding tert-OH is 1. The van der Waals surface area contributed by atoms with E-state index in [1.54, 1.807) is 0 Å². The number of hydrogen-bond acceptors (Lipinski definition) is 4. The van der Waals surface area contributed by atoms with E-state index in [9.17, 15) is 5.11 Å². The van der Waals surface area contributed by atoms with Crippen LogP contribution >= 0.6 is 0 Å². The number of aliphatic hydroxyl groups is 1. The van der Waals surface area contributed by atoms with Gasteiger partial charge in [-0.05, 0) is 50.5 Å². The van der Waals surface area contributed by atoms with E-state index in [0.717, 1.165) is 44.8 Å². The number of nitrogens with zero attached hydrogens (tertiary/aromatic N) is 2. The highest BCUT2D eigenvalue weighted by Gasteiger charge is 2.29. The Morgan fingerprint density at radius 2 is 2.15 bits per heavy atom. The fourth-order valence-corrected chi connectivity index (χ4v) is 3.43. The third kappa shape index (κ3) is 4.73. The second-order valence-electron chi connectivity index (χ2n) is 6.65. The number of nitriles is 1. The van der Waals surface area contributed by atoms with Gasteiger partial charge in [0, 0.05) is 19.1 Å². The first-order chi connectivity index (χ1) is 9.71. The van der Waals surface area contributed by atoms with Crippen LogP contribution in [-0.2, 0) is 0 Å². The zero-order chi connectivity index (χ0) is 14.4. The molecule has 0 spiro atoms. The Balaban J connectivity index is 1.81. The molecular formula is C16H29N3O. The lowest BCUT2D eigenvalue weighted by Gasteiger charge is -2.39. The summed E-state index contributed by atoms with van der Waals surface area (Å²) < 4.78 is 0. The van der Waals surface area contributed by atoms with E-state index in [1.807, 2.05) is 6.92 Å². The van der Waals surface area contributed by atoms with Crippen molar-refractivity contribution in [3.05, 3.63) is 0 Å². The summed E-state index contributed by atoms with van der Waals surface area (Å²) in [6, 6.07) is 2.76. The fraction of sp³-hybridized carbons (Fsp3) is 0.938. The van der Waals surface area contributed by atoms with Crippen LogP contribution in [0.4, 0.5) is 0 Å². The number of likely N-dealkylation sites (tertiary alicyclic amines) is 1. The summed E-state index contributed by atoms with van der Waals surface area (Å²) in [7, 11) is 0. The van der Waals surface area contributed by atoms with Gasteiger partial charge in [0.1, 0.15) is 0 Å². The molecule has 3 unspecified atom stereocenters. The van der Waals surface area contributed by atoms with Gasteiger partial charge in [-0.25, -0.2) is 0 Å². The quantitative estimate of drug-likeness (QED) is 0.697. The van der Waals surface area contributed by atoms with Gasteiger partial charge in [0.2, 0.25) is 0 Å². The zero-order valence-electron chi connectivity index (χ0n) is 12.7. The van der Waals surface area contributed by atoms with Gasteiger partial charge < -0.3 is 10.4 Å². The van der Waals surface area contributed by atoms with Crippen LogP contribution in [0.25, 0.3) is 0 Å². The second kappa shape index (κ2) is 7.97. The van der Waals surface area contributed by atoms with E-state index < -0.39 is 0 Å². The summed E-state index contributed by atoms with van der Waals surface area (Å²) in [5.41, 5.74) is 0. The Morgan fingerprint density at radius 1 is 1.35 bits per heavy atom. The molecule has 2 N–H and O–H groups in total. The van der Waals surface area contributed by atoms with Crippen molar-refractivity contribution in [2.24, 2.45) is 11.8 Å². The second-order valence-corrected chi connectivity index (χ2v) is 6.65. The van der Waals surface area contributed by atoms with Crippen molar-refractivity contribution in [3.8, 4) is 6.07 Å². The van der Waals surface area contributed by atoms with Crippen molar-refractivity contribution in [2.75, 3.05) is 26.2 Å². The maximum Gasteiger partial charge on any atom is 0.0866 e. The fourth-order valence-electron chi connectivity index (χ4n) is 3.43. The molecule has 1 heterocycles. The molecule has 4 heteroatoms. The molecule has 0 aromatic rings. The van der Waals surface area contributed by atoms with Gasteiger partial charge in [-0.3, -0.25) is 4.90 Å². The molecule has 1 aliphatic heterocycles. The van der Waals surface area contributed by atoms with E-state index in [0.29, 0.717) is 18.5 Å². The largest absolute Gasteiger partial charge is 0.393 e. The Kier molecular flexibility index (Phi) is 6.28. The van der Waals surface area contributed by atoms with Crippen LogP contribution in [0.1, 0.15) is 45.4 Å². The minimum atomic E-state index is -0.186. The predicted octanol–water partition coefficient (Wildman–Crippen LogP) is 1.75. The molecule has 0 bridgehead atoms. The van der Waals surface area contributed by atoms with Gasteiger partial charge in [-0.1, -0.05) is 13.3 Å². The van der Waals surface area contributed by atoms with Crippen molar-refractivity contribution >= 4 is 0 Å². The molecule has 1 aliphatic carbocycles. The number of nitrogens with one attached hydrogen (secondary N) is 1. The van der Waals surface area contributed by atoms with Crippen molar-refractivity contribution < 1.29 is 5.11 Å². The first-order valence-corrected chi connectivity index (χ1v) is 8.22. The first kappa shape index (κ1) is 15.8. The van der Waals surface area contributed by atoms with Gasteiger partial charge in [0.05, 0.1) is 18.7 Å². The minimum absolute atomic E-state index is 0.186. The molecule has 0 radical (unpaired) electrons. The summed E-state index contributed by atoms with van der Waals surface area (Å²) in [5, 5.41) is 22.5. The Labute approximate surface area is 123 Å². The smallest absolute Gasteiger partial charge is 0.0866 e. The highest BCUT2D eigenvalue weighted by Crippen LogP contribution is 2.27. The molecule has 2 rings (SSSR count). The SMILES string of the molecule is CCC(O)CC1CC(NCC2CCC2)CN(CC#N)C1. The topological polar surface area (TPSA) is 59.3 Å². The Bertz CT molecular complexity index is 324. The minimum Gasteiger partial charge on any atom is -0.393 e. The lowest BCUT2D eigenvalue weighted by molar-refractivity contribution is 0.0875. The first-order valence-electron chi connectivity index (χ1n) is 8.22. The van der Waals surface area contributed by atoms with Crippen LogP contribution in [0.2, 0.25) is 0 Å². The van der Waals surface area contributed by atoms with Gasteiger partial charge in [0.15, 0.2) is 0 Å². The van der Waals surface area contributed by atoms with Gasteiger partial charge in [-0.2, -0.15) is 5.26 Å². The van der Waals surface area contributed by atoms with Crippen molar-refractivity contribution in [1.29, 1.82) is 5.26 Å². The van der Waals surface area contributed by atoms with E-state index in [2.05, 4.69) is 16.3 Å². The molecule has 20 heavy (non-hydrogen) atoms. The van der Waals surface area contributed by atoms with Crippen LogP contribution < -0.4 is 5.32 Å². The summed E-state index contributed by atoms with van der Waals surface area (Å²) >= 11 is 0. The third-order valence-corrected chi connectivity index (χ3v) is 4.90. The molecule has 2 aliphatic rings. The maximum atomic E-state index is 9.87. The number of rotatable bonds is 7. The van der Waals surface area contributed by atoms with Crippen LogP contribution in [-0.4, -0.2) is 48.3 Å². The normalized spacial score (nSPS) is 29.6. The van der Waals surface area contributed by atoms with E-state index >= 15 is 0 Å². The van der Waals surface area contributed by atoms with Crippen molar-refractivity contribution in [1.82, 2.24) is 10.2 Å². The molecule has 4 nitrogen and oxygen atoms in total. The average molecular weight is 279 g/mol. The highest BCUT2D eigenvalue weighted by molar-refractivity contribution is 4.89. The molecule has 1 saturated carbocycles. The van der Waals surface area contributed by atoms with Crippen molar-refractivity contribution in [2.45, 2.75) is 57.6 Å². The lowest BCUT2D eigenvalue weighted by atomic mass is 9.84. The van der Waals surface area contributed by atoms with Gasteiger partial charge >= 0.3 is 0 Å². The molecule has 2 fully saturated rings. The predicted molar refractivity (Wildman–Crippen MR) is 80.2 cm³/mol. The van der Waals surface area contributed by atoms with E-state index in [1.165, 1.54) is 19.3 Å². The standard InChI is InChI=1S/C16H29N3O/c1-2-16(20)9-14-8-15(12-19(11-14)7-6-17)18-10-13-4-3-5-13/h13-16,18,20H,2-5,7-12H2,1H3. The summed E-state index contributed by atoms with van der Waals surface area (Å²) in [6.07, 6.45) is 6.80. The average Bonchev–Trinajstić information content (AvgIpc) is 2.37. The molecule has 0 aromatic carbocycles. The highest BCUT2D eigenvalue weighted by atomic mass is 16.3. The maximum absolute atomic E-state index is 9.87. The monoisotopic (exact) mass is 279 g/mol. The summed E-state index contributed by atoms with van der Waals surface area (Å²) in [5.74, 6) is 1.40. The van der Waals surface area contributed by atoms with Gasteiger partial charge in [0.25, 0.3) is 0 Å². The molecule has 114 valence electrons. The van der Waals surface area contributed by atoms with E-state index in [-0.39, 0.29) is 6.10 Å².